The number of anilines is 1. The van der Waals surface area contributed by atoms with Gasteiger partial charge in [0.15, 0.2) is 0 Å². The summed E-state index contributed by atoms with van der Waals surface area (Å²) in [6.45, 7) is 3.81. The Morgan fingerprint density at radius 3 is 2.33 bits per heavy atom. The van der Waals surface area contributed by atoms with E-state index in [1.807, 2.05) is 32.0 Å². The largest absolute Gasteiger partial charge is 0.320 e. The fourth-order valence-corrected chi connectivity index (χ4v) is 1.72. The molecule has 0 unspecified atom stereocenters. The van der Waals surface area contributed by atoms with Gasteiger partial charge in [0.2, 0.25) is 5.95 Å². The van der Waals surface area contributed by atoms with Crippen LogP contribution in [0.4, 0.5) is 10.1 Å². The fourth-order valence-electron chi connectivity index (χ4n) is 1.72. The second kappa shape index (κ2) is 4.96. The molecule has 1 N–H and O–H groups in total. The van der Waals surface area contributed by atoms with E-state index in [9.17, 15) is 9.18 Å². The Bertz CT molecular complexity index is 576. The molecular formula is C14H13FN2O. The van der Waals surface area contributed by atoms with Crippen molar-refractivity contribution in [1.29, 1.82) is 0 Å². The molecule has 0 bridgehead atoms. The van der Waals surface area contributed by atoms with Crippen molar-refractivity contribution in [2.24, 2.45) is 0 Å². The molecule has 0 saturated heterocycles. The van der Waals surface area contributed by atoms with E-state index in [-0.39, 0.29) is 5.69 Å². The predicted molar refractivity (Wildman–Crippen MR) is 68.1 cm³/mol. The number of halogens is 1. The number of pyridine rings is 1. The van der Waals surface area contributed by atoms with Crippen LogP contribution < -0.4 is 5.32 Å². The molecule has 1 aromatic heterocycles. The topological polar surface area (TPSA) is 42.0 Å². The lowest BCUT2D eigenvalue weighted by atomic mass is 10.1. The minimum Gasteiger partial charge on any atom is -0.320 e. The standard InChI is InChI=1S/C14H13FN2O/c1-9-5-3-6-10(2)13(9)17-14(18)11-7-4-8-12(15)16-11/h3-8H,1-2H3,(H,17,18). The SMILES string of the molecule is Cc1cccc(C)c1NC(=O)c1cccc(F)n1. The molecule has 92 valence electrons. The highest BCUT2D eigenvalue weighted by molar-refractivity contribution is 6.03. The molecule has 0 atom stereocenters. The first kappa shape index (κ1) is 12.2. The van der Waals surface area contributed by atoms with Gasteiger partial charge in [-0.05, 0) is 37.1 Å². The van der Waals surface area contributed by atoms with Gasteiger partial charge in [-0.3, -0.25) is 4.79 Å². The molecule has 0 radical (unpaired) electrons. The number of benzene rings is 1. The molecule has 0 fully saturated rings. The van der Waals surface area contributed by atoms with Crippen LogP contribution in [0.5, 0.6) is 0 Å². The van der Waals surface area contributed by atoms with Gasteiger partial charge in [0.05, 0.1) is 0 Å². The molecule has 0 aliphatic rings. The van der Waals surface area contributed by atoms with Crippen LogP contribution in [0.2, 0.25) is 0 Å². The summed E-state index contributed by atoms with van der Waals surface area (Å²) in [6, 6.07) is 9.87. The first-order chi connectivity index (χ1) is 8.58. The van der Waals surface area contributed by atoms with Gasteiger partial charge >= 0.3 is 0 Å². The summed E-state index contributed by atoms with van der Waals surface area (Å²) in [5.74, 6) is -1.07. The van der Waals surface area contributed by atoms with Gasteiger partial charge < -0.3 is 5.32 Å². The van der Waals surface area contributed by atoms with Crippen molar-refractivity contribution in [2.75, 3.05) is 5.32 Å². The van der Waals surface area contributed by atoms with Crippen LogP contribution in [0, 0.1) is 19.8 Å². The second-order valence-electron chi connectivity index (χ2n) is 4.07. The predicted octanol–water partition coefficient (Wildman–Crippen LogP) is 3.09. The lowest BCUT2D eigenvalue weighted by molar-refractivity contribution is 0.102. The number of carbonyl (C=O) groups is 1. The molecule has 2 rings (SSSR count). The number of para-hydroxylation sites is 1. The van der Waals surface area contributed by atoms with Crippen molar-refractivity contribution in [2.45, 2.75) is 13.8 Å². The number of carbonyl (C=O) groups excluding carboxylic acids is 1. The van der Waals surface area contributed by atoms with E-state index in [1.165, 1.54) is 18.2 Å². The number of hydrogen-bond acceptors (Lipinski definition) is 2. The third-order valence-electron chi connectivity index (χ3n) is 2.67. The number of nitrogens with zero attached hydrogens (tertiary/aromatic N) is 1. The molecule has 1 aromatic carbocycles. The van der Waals surface area contributed by atoms with Crippen LogP contribution in [-0.2, 0) is 0 Å². The fraction of sp³-hybridized carbons (Fsp3) is 0.143. The van der Waals surface area contributed by atoms with E-state index in [4.69, 9.17) is 0 Å². The molecule has 0 saturated carbocycles. The minimum absolute atomic E-state index is 0.0673. The van der Waals surface area contributed by atoms with Crippen molar-refractivity contribution >= 4 is 11.6 Å². The second-order valence-corrected chi connectivity index (χ2v) is 4.07. The van der Waals surface area contributed by atoms with Crippen LogP contribution in [0.15, 0.2) is 36.4 Å². The quantitative estimate of drug-likeness (QED) is 0.825. The number of aromatic nitrogens is 1. The van der Waals surface area contributed by atoms with E-state index in [0.29, 0.717) is 0 Å². The molecule has 1 amide bonds. The van der Waals surface area contributed by atoms with Crippen LogP contribution >= 0.6 is 0 Å². The van der Waals surface area contributed by atoms with Gasteiger partial charge in [0.1, 0.15) is 5.69 Å². The monoisotopic (exact) mass is 244 g/mol. The molecular weight excluding hydrogens is 231 g/mol. The lowest BCUT2D eigenvalue weighted by Crippen LogP contribution is -2.15. The van der Waals surface area contributed by atoms with Crippen LogP contribution in [0.1, 0.15) is 21.6 Å². The summed E-state index contributed by atoms with van der Waals surface area (Å²) in [6.07, 6.45) is 0. The van der Waals surface area contributed by atoms with Gasteiger partial charge in [-0.25, -0.2) is 4.98 Å². The third kappa shape index (κ3) is 2.53. The molecule has 0 aliphatic heterocycles. The highest BCUT2D eigenvalue weighted by Gasteiger charge is 2.11. The smallest absolute Gasteiger partial charge is 0.274 e. The molecule has 0 spiro atoms. The molecule has 4 heteroatoms. The number of nitrogens with one attached hydrogen (secondary N) is 1. The summed E-state index contributed by atoms with van der Waals surface area (Å²) in [7, 11) is 0. The first-order valence-electron chi connectivity index (χ1n) is 5.58. The summed E-state index contributed by atoms with van der Waals surface area (Å²) in [4.78, 5) is 15.5. The first-order valence-corrected chi connectivity index (χ1v) is 5.58. The third-order valence-corrected chi connectivity index (χ3v) is 2.67. The Morgan fingerprint density at radius 2 is 1.72 bits per heavy atom. The maximum absolute atomic E-state index is 12.9. The van der Waals surface area contributed by atoms with E-state index in [0.717, 1.165) is 16.8 Å². The van der Waals surface area contributed by atoms with Gasteiger partial charge in [0.25, 0.3) is 5.91 Å². The Kier molecular flexibility index (Phi) is 3.37. The zero-order valence-corrected chi connectivity index (χ0v) is 10.2. The summed E-state index contributed by atoms with van der Waals surface area (Å²) >= 11 is 0. The number of amides is 1. The van der Waals surface area contributed by atoms with Crippen LogP contribution in [0.3, 0.4) is 0 Å². The molecule has 1 heterocycles. The maximum atomic E-state index is 12.9. The molecule has 0 aliphatic carbocycles. The van der Waals surface area contributed by atoms with Gasteiger partial charge in [-0.1, -0.05) is 24.3 Å². The summed E-state index contributed by atoms with van der Waals surface area (Å²) < 4.78 is 12.9. The van der Waals surface area contributed by atoms with Crippen molar-refractivity contribution in [1.82, 2.24) is 4.98 Å². The number of aryl methyl sites for hydroxylation is 2. The number of hydrogen-bond donors (Lipinski definition) is 1. The van der Waals surface area contributed by atoms with E-state index in [1.54, 1.807) is 0 Å². The Morgan fingerprint density at radius 1 is 1.11 bits per heavy atom. The summed E-state index contributed by atoms with van der Waals surface area (Å²) in [5.41, 5.74) is 2.73. The van der Waals surface area contributed by atoms with Gasteiger partial charge in [0, 0.05) is 5.69 Å². The Balaban J connectivity index is 2.27. The Hall–Kier alpha value is -2.23. The van der Waals surface area contributed by atoms with Crippen molar-refractivity contribution in [3.05, 3.63) is 59.2 Å². The average Bonchev–Trinajstić information content (AvgIpc) is 2.34. The number of rotatable bonds is 2. The zero-order valence-electron chi connectivity index (χ0n) is 10.2. The van der Waals surface area contributed by atoms with Crippen LogP contribution in [-0.4, -0.2) is 10.9 Å². The van der Waals surface area contributed by atoms with E-state index in [2.05, 4.69) is 10.3 Å². The van der Waals surface area contributed by atoms with Crippen molar-refractivity contribution < 1.29 is 9.18 Å². The van der Waals surface area contributed by atoms with Crippen LogP contribution in [0.25, 0.3) is 0 Å². The Labute approximate surface area is 105 Å². The maximum Gasteiger partial charge on any atom is 0.274 e. The highest BCUT2D eigenvalue weighted by atomic mass is 19.1. The van der Waals surface area contributed by atoms with Gasteiger partial charge in [-0.2, -0.15) is 4.39 Å². The van der Waals surface area contributed by atoms with Crippen molar-refractivity contribution in [3.63, 3.8) is 0 Å². The van der Waals surface area contributed by atoms with Crippen molar-refractivity contribution in [3.8, 4) is 0 Å². The zero-order chi connectivity index (χ0) is 13.1. The van der Waals surface area contributed by atoms with E-state index < -0.39 is 11.9 Å². The van der Waals surface area contributed by atoms with E-state index >= 15 is 0 Å². The lowest BCUT2D eigenvalue weighted by Gasteiger charge is -2.10. The molecule has 18 heavy (non-hydrogen) atoms. The minimum atomic E-state index is -0.663. The summed E-state index contributed by atoms with van der Waals surface area (Å²) in [5, 5.41) is 2.75. The molecule has 2 aromatic rings. The highest BCUT2D eigenvalue weighted by Crippen LogP contribution is 2.19. The normalized spacial score (nSPS) is 10.2. The van der Waals surface area contributed by atoms with Gasteiger partial charge in [-0.15, -0.1) is 0 Å². The average molecular weight is 244 g/mol. The molecule has 3 nitrogen and oxygen atoms in total.